The van der Waals surface area contributed by atoms with Gasteiger partial charge in [-0.05, 0) is 61.4 Å². The van der Waals surface area contributed by atoms with E-state index in [1.54, 1.807) is 42.5 Å². The van der Waals surface area contributed by atoms with E-state index in [0.29, 0.717) is 29.0 Å². The Labute approximate surface area is 171 Å². The van der Waals surface area contributed by atoms with Crippen molar-refractivity contribution in [3.05, 3.63) is 53.6 Å². The highest BCUT2D eigenvalue weighted by Gasteiger charge is 2.32. The third kappa shape index (κ3) is 4.59. The SMILES string of the molecule is CC(C)C(=O)Nc1ccc(NC(=O)c2ccc3c(c2)C[C@H](C)N3S(C)(=O)=O)cc1. The van der Waals surface area contributed by atoms with Gasteiger partial charge in [0, 0.05) is 28.9 Å². The Hall–Kier alpha value is -2.87. The molecule has 2 aromatic carbocycles. The molecule has 0 saturated carbocycles. The second-order valence-electron chi connectivity index (χ2n) is 7.63. The molecule has 0 aromatic heterocycles. The predicted molar refractivity (Wildman–Crippen MR) is 115 cm³/mol. The third-order valence-electron chi connectivity index (χ3n) is 4.79. The average Bonchev–Trinajstić information content (AvgIpc) is 2.98. The molecule has 1 aliphatic heterocycles. The first kappa shape index (κ1) is 20.9. The monoisotopic (exact) mass is 415 g/mol. The van der Waals surface area contributed by atoms with Crippen LogP contribution in [0, 0.1) is 5.92 Å². The van der Waals surface area contributed by atoms with Gasteiger partial charge >= 0.3 is 0 Å². The lowest BCUT2D eigenvalue weighted by molar-refractivity contribution is -0.118. The summed E-state index contributed by atoms with van der Waals surface area (Å²) in [5.74, 6) is -0.468. The van der Waals surface area contributed by atoms with E-state index in [4.69, 9.17) is 0 Å². The molecule has 2 amide bonds. The van der Waals surface area contributed by atoms with Crippen LogP contribution in [0.3, 0.4) is 0 Å². The minimum absolute atomic E-state index is 0.0720. The second kappa shape index (κ2) is 7.87. The minimum Gasteiger partial charge on any atom is -0.326 e. The van der Waals surface area contributed by atoms with Gasteiger partial charge in [0.25, 0.3) is 5.91 Å². The zero-order chi connectivity index (χ0) is 21.3. The highest BCUT2D eigenvalue weighted by atomic mass is 32.2. The zero-order valence-corrected chi connectivity index (χ0v) is 17.7. The normalized spacial score (nSPS) is 15.9. The van der Waals surface area contributed by atoms with Crippen LogP contribution in [0.2, 0.25) is 0 Å². The molecule has 2 aromatic rings. The van der Waals surface area contributed by atoms with Gasteiger partial charge in [-0.25, -0.2) is 8.42 Å². The number of fused-ring (bicyclic) bond motifs is 1. The summed E-state index contributed by atoms with van der Waals surface area (Å²) in [6, 6.07) is 11.8. The number of hydrogen-bond donors (Lipinski definition) is 2. The fourth-order valence-corrected chi connectivity index (χ4v) is 4.64. The molecule has 154 valence electrons. The van der Waals surface area contributed by atoms with Crippen molar-refractivity contribution in [1.82, 2.24) is 0 Å². The summed E-state index contributed by atoms with van der Waals surface area (Å²) in [5.41, 5.74) is 3.19. The van der Waals surface area contributed by atoms with E-state index in [0.717, 1.165) is 5.56 Å². The van der Waals surface area contributed by atoms with Gasteiger partial charge in [0.1, 0.15) is 0 Å². The largest absolute Gasteiger partial charge is 0.326 e. The van der Waals surface area contributed by atoms with Crippen LogP contribution >= 0.6 is 0 Å². The van der Waals surface area contributed by atoms with E-state index in [-0.39, 0.29) is 23.8 Å². The molecule has 0 saturated heterocycles. The Morgan fingerprint density at radius 2 is 1.62 bits per heavy atom. The zero-order valence-electron chi connectivity index (χ0n) is 16.9. The Bertz CT molecular complexity index is 1050. The van der Waals surface area contributed by atoms with Crippen molar-refractivity contribution in [1.29, 1.82) is 0 Å². The van der Waals surface area contributed by atoms with Gasteiger partial charge in [-0.1, -0.05) is 13.8 Å². The summed E-state index contributed by atoms with van der Waals surface area (Å²) < 4.78 is 25.4. The number of hydrogen-bond acceptors (Lipinski definition) is 4. The maximum absolute atomic E-state index is 12.6. The number of anilines is 3. The molecule has 29 heavy (non-hydrogen) atoms. The number of rotatable bonds is 5. The van der Waals surface area contributed by atoms with Gasteiger partial charge in [0.15, 0.2) is 0 Å². The molecule has 1 aliphatic rings. The Balaban J connectivity index is 1.72. The third-order valence-corrected chi connectivity index (χ3v) is 6.06. The van der Waals surface area contributed by atoms with Crippen molar-refractivity contribution in [2.75, 3.05) is 21.2 Å². The van der Waals surface area contributed by atoms with Gasteiger partial charge in [-0.3, -0.25) is 13.9 Å². The molecular formula is C21H25N3O4S. The summed E-state index contributed by atoms with van der Waals surface area (Å²) in [7, 11) is -3.36. The van der Waals surface area contributed by atoms with Gasteiger partial charge in [-0.15, -0.1) is 0 Å². The molecular weight excluding hydrogens is 390 g/mol. The van der Waals surface area contributed by atoms with Crippen LogP contribution < -0.4 is 14.9 Å². The lowest BCUT2D eigenvalue weighted by atomic mass is 10.1. The maximum atomic E-state index is 12.6. The van der Waals surface area contributed by atoms with E-state index < -0.39 is 10.0 Å². The molecule has 0 unspecified atom stereocenters. The molecule has 0 fully saturated rings. The first-order valence-electron chi connectivity index (χ1n) is 9.41. The maximum Gasteiger partial charge on any atom is 0.255 e. The van der Waals surface area contributed by atoms with Crippen LogP contribution in [0.25, 0.3) is 0 Å². The van der Waals surface area contributed by atoms with Crippen LogP contribution in [-0.2, 0) is 21.2 Å². The first-order valence-corrected chi connectivity index (χ1v) is 11.3. The second-order valence-corrected chi connectivity index (χ2v) is 9.49. The number of amides is 2. The molecule has 8 heteroatoms. The molecule has 1 heterocycles. The summed E-state index contributed by atoms with van der Waals surface area (Å²) in [6.07, 6.45) is 1.75. The summed E-state index contributed by atoms with van der Waals surface area (Å²) >= 11 is 0. The van der Waals surface area contributed by atoms with E-state index in [9.17, 15) is 18.0 Å². The van der Waals surface area contributed by atoms with Crippen molar-refractivity contribution < 1.29 is 18.0 Å². The van der Waals surface area contributed by atoms with E-state index >= 15 is 0 Å². The lowest BCUT2D eigenvalue weighted by Crippen LogP contribution is -2.34. The average molecular weight is 416 g/mol. The standard InChI is InChI=1S/C21H25N3O4S/c1-13(2)20(25)22-17-6-8-18(9-7-17)23-21(26)15-5-10-19-16(12-15)11-14(3)24(19)29(4,27)28/h5-10,12-14H,11H2,1-4H3,(H,22,25)(H,23,26)/t14-/m0/s1. The van der Waals surface area contributed by atoms with Crippen LogP contribution in [0.4, 0.5) is 17.1 Å². The van der Waals surface area contributed by atoms with E-state index in [1.807, 2.05) is 20.8 Å². The predicted octanol–water partition coefficient (Wildman–Crippen LogP) is 3.24. The van der Waals surface area contributed by atoms with Crippen molar-refractivity contribution in [3.8, 4) is 0 Å². The summed E-state index contributed by atoms with van der Waals surface area (Å²) in [4.78, 5) is 24.4. The van der Waals surface area contributed by atoms with Gasteiger partial charge in [0.2, 0.25) is 15.9 Å². The smallest absolute Gasteiger partial charge is 0.255 e. The molecule has 1 atom stereocenters. The Morgan fingerprint density at radius 1 is 1.03 bits per heavy atom. The van der Waals surface area contributed by atoms with Crippen molar-refractivity contribution >= 4 is 38.9 Å². The number of nitrogens with one attached hydrogen (secondary N) is 2. The molecule has 0 radical (unpaired) electrons. The number of nitrogens with zero attached hydrogens (tertiary/aromatic N) is 1. The molecule has 2 N–H and O–H groups in total. The minimum atomic E-state index is -3.36. The quantitative estimate of drug-likeness (QED) is 0.784. The fraction of sp³-hybridized carbons (Fsp3) is 0.333. The van der Waals surface area contributed by atoms with Crippen LogP contribution in [-0.4, -0.2) is 32.5 Å². The van der Waals surface area contributed by atoms with Crippen LogP contribution in [0.5, 0.6) is 0 Å². The van der Waals surface area contributed by atoms with E-state index in [1.165, 1.54) is 10.6 Å². The van der Waals surface area contributed by atoms with Gasteiger partial charge in [0.05, 0.1) is 11.9 Å². The highest BCUT2D eigenvalue weighted by molar-refractivity contribution is 7.92. The highest BCUT2D eigenvalue weighted by Crippen LogP contribution is 2.34. The van der Waals surface area contributed by atoms with Crippen molar-refractivity contribution in [2.45, 2.75) is 33.2 Å². The summed E-state index contributed by atoms with van der Waals surface area (Å²) in [6.45, 7) is 5.48. The van der Waals surface area contributed by atoms with E-state index in [2.05, 4.69) is 10.6 Å². The first-order chi connectivity index (χ1) is 13.6. The Morgan fingerprint density at radius 3 is 2.17 bits per heavy atom. The Kier molecular flexibility index (Phi) is 5.66. The lowest BCUT2D eigenvalue weighted by Gasteiger charge is -2.21. The number of carbonyl (C=O) groups excluding carboxylic acids is 2. The molecule has 3 rings (SSSR count). The topological polar surface area (TPSA) is 95.6 Å². The fourth-order valence-electron chi connectivity index (χ4n) is 3.38. The van der Waals surface area contributed by atoms with Crippen molar-refractivity contribution in [3.63, 3.8) is 0 Å². The van der Waals surface area contributed by atoms with Crippen molar-refractivity contribution in [2.24, 2.45) is 5.92 Å². The number of carbonyl (C=O) groups is 2. The summed E-state index contributed by atoms with van der Waals surface area (Å²) in [5, 5.41) is 5.62. The number of sulfonamides is 1. The van der Waals surface area contributed by atoms with Crippen LogP contribution in [0.15, 0.2) is 42.5 Å². The van der Waals surface area contributed by atoms with Gasteiger partial charge in [-0.2, -0.15) is 0 Å². The molecule has 0 aliphatic carbocycles. The molecule has 0 spiro atoms. The van der Waals surface area contributed by atoms with Crippen LogP contribution in [0.1, 0.15) is 36.7 Å². The molecule has 7 nitrogen and oxygen atoms in total. The molecule has 0 bridgehead atoms. The number of benzene rings is 2. The van der Waals surface area contributed by atoms with Gasteiger partial charge < -0.3 is 10.6 Å².